The maximum Gasteiger partial charge on any atom is 0.119 e. The number of nitrogens with two attached hydrogens (primary N) is 1. The molecule has 0 fully saturated rings. The number of aromatic nitrogens is 1. The van der Waals surface area contributed by atoms with Crippen LogP contribution >= 0.6 is 0 Å². The lowest BCUT2D eigenvalue weighted by Gasteiger charge is -2.07. The minimum atomic E-state index is 0.237. The van der Waals surface area contributed by atoms with E-state index in [1.54, 1.807) is 7.11 Å². The number of fused-ring (bicyclic) bond motifs is 1. The van der Waals surface area contributed by atoms with Gasteiger partial charge in [-0.05, 0) is 56.9 Å². The Morgan fingerprint density at radius 2 is 2.00 bits per heavy atom. The van der Waals surface area contributed by atoms with Crippen molar-refractivity contribution in [1.82, 2.24) is 4.57 Å². The van der Waals surface area contributed by atoms with Gasteiger partial charge in [-0.15, -0.1) is 0 Å². The maximum atomic E-state index is 5.90. The van der Waals surface area contributed by atoms with Gasteiger partial charge in [-0.2, -0.15) is 0 Å². The molecule has 0 bridgehead atoms. The summed E-state index contributed by atoms with van der Waals surface area (Å²) in [6.07, 6.45) is 2.03. The van der Waals surface area contributed by atoms with Crippen molar-refractivity contribution in [1.29, 1.82) is 0 Å². The maximum absolute atomic E-state index is 5.90. The van der Waals surface area contributed by atoms with E-state index in [1.165, 1.54) is 27.7 Å². The Morgan fingerprint density at radius 3 is 2.58 bits per heavy atom. The van der Waals surface area contributed by atoms with Gasteiger partial charge in [0.05, 0.1) is 12.6 Å². The number of nitrogens with zero attached hydrogens (tertiary/aromatic N) is 1. The van der Waals surface area contributed by atoms with E-state index in [0.717, 1.165) is 18.6 Å². The standard InChI is InChI=1S/C16H24N2O/c1-10-8-13(19-5)9-15-14(7-6-11(2)17)12(3)18(4)16(10)15/h8-9,11H,6-7,17H2,1-5H3. The van der Waals surface area contributed by atoms with Gasteiger partial charge in [0.25, 0.3) is 0 Å². The Bertz CT molecular complexity index is 597. The van der Waals surface area contributed by atoms with Gasteiger partial charge >= 0.3 is 0 Å². The first-order valence-corrected chi connectivity index (χ1v) is 6.83. The van der Waals surface area contributed by atoms with Crippen LogP contribution in [0.3, 0.4) is 0 Å². The molecule has 104 valence electrons. The molecule has 2 rings (SSSR count). The van der Waals surface area contributed by atoms with E-state index in [2.05, 4.69) is 44.5 Å². The predicted molar refractivity (Wildman–Crippen MR) is 80.9 cm³/mol. The predicted octanol–water partition coefficient (Wildman–Crippen LogP) is 3.08. The lowest BCUT2D eigenvalue weighted by Crippen LogP contribution is -2.15. The molecule has 0 aliphatic rings. The minimum Gasteiger partial charge on any atom is -0.497 e. The van der Waals surface area contributed by atoms with Crippen LogP contribution in [0, 0.1) is 13.8 Å². The second kappa shape index (κ2) is 5.25. The van der Waals surface area contributed by atoms with E-state index in [1.807, 2.05) is 0 Å². The Morgan fingerprint density at radius 1 is 1.32 bits per heavy atom. The molecule has 1 unspecified atom stereocenters. The van der Waals surface area contributed by atoms with E-state index < -0.39 is 0 Å². The molecule has 0 amide bonds. The first-order valence-electron chi connectivity index (χ1n) is 6.83. The fourth-order valence-electron chi connectivity index (χ4n) is 2.79. The SMILES string of the molecule is COc1cc(C)c2c(c1)c(CCC(C)N)c(C)n2C. The highest BCUT2D eigenvalue weighted by Crippen LogP contribution is 2.32. The number of rotatable bonds is 4. The highest BCUT2D eigenvalue weighted by atomic mass is 16.5. The largest absolute Gasteiger partial charge is 0.497 e. The van der Waals surface area contributed by atoms with E-state index in [-0.39, 0.29) is 6.04 Å². The van der Waals surface area contributed by atoms with Crippen LogP contribution in [0.25, 0.3) is 10.9 Å². The third kappa shape index (κ3) is 2.47. The fraction of sp³-hybridized carbons (Fsp3) is 0.500. The number of hydrogen-bond acceptors (Lipinski definition) is 2. The smallest absolute Gasteiger partial charge is 0.119 e. The zero-order chi connectivity index (χ0) is 14.2. The van der Waals surface area contributed by atoms with Crippen molar-refractivity contribution in [3.63, 3.8) is 0 Å². The topological polar surface area (TPSA) is 40.2 Å². The molecule has 1 aromatic heterocycles. The van der Waals surface area contributed by atoms with Crippen LogP contribution in [0.15, 0.2) is 12.1 Å². The van der Waals surface area contributed by atoms with E-state index in [0.29, 0.717) is 0 Å². The Balaban J connectivity index is 2.61. The number of methoxy groups -OCH3 is 1. The summed E-state index contributed by atoms with van der Waals surface area (Å²) in [5.41, 5.74) is 11.2. The third-order valence-corrected chi connectivity index (χ3v) is 3.96. The van der Waals surface area contributed by atoms with Gasteiger partial charge in [0.1, 0.15) is 5.75 Å². The van der Waals surface area contributed by atoms with Crippen LogP contribution < -0.4 is 10.5 Å². The summed E-state index contributed by atoms with van der Waals surface area (Å²) in [7, 11) is 3.85. The normalized spacial score (nSPS) is 12.9. The van der Waals surface area contributed by atoms with E-state index in [9.17, 15) is 0 Å². The monoisotopic (exact) mass is 260 g/mol. The first kappa shape index (κ1) is 13.9. The van der Waals surface area contributed by atoms with Crippen molar-refractivity contribution in [3.05, 3.63) is 29.0 Å². The van der Waals surface area contributed by atoms with Gasteiger partial charge in [0.2, 0.25) is 0 Å². The fourth-order valence-corrected chi connectivity index (χ4v) is 2.79. The molecule has 0 saturated carbocycles. The van der Waals surface area contributed by atoms with Crippen molar-refractivity contribution in [3.8, 4) is 5.75 Å². The van der Waals surface area contributed by atoms with E-state index >= 15 is 0 Å². The highest BCUT2D eigenvalue weighted by molar-refractivity contribution is 5.89. The van der Waals surface area contributed by atoms with Crippen LogP contribution in [0.4, 0.5) is 0 Å². The molecule has 1 atom stereocenters. The van der Waals surface area contributed by atoms with Crippen LogP contribution in [0.2, 0.25) is 0 Å². The number of benzene rings is 1. The number of ether oxygens (including phenoxy) is 1. The molecule has 19 heavy (non-hydrogen) atoms. The molecule has 0 aliphatic heterocycles. The van der Waals surface area contributed by atoms with Gasteiger partial charge in [-0.1, -0.05) is 0 Å². The van der Waals surface area contributed by atoms with Gasteiger partial charge in [-0.3, -0.25) is 0 Å². The Labute approximate surface area is 115 Å². The van der Waals surface area contributed by atoms with Crippen molar-refractivity contribution in [2.75, 3.05) is 7.11 Å². The molecule has 2 aromatic rings. The van der Waals surface area contributed by atoms with Crippen LogP contribution in [-0.4, -0.2) is 17.7 Å². The quantitative estimate of drug-likeness (QED) is 0.917. The van der Waals surface area contributed by atoms with Crippen LogP contribution in [0.1, 0.15) is 30.2 Å². The zero-order valence-electron chi connectivity index (χ0n) is 12.6. The van der Waals surface area contributed by atoms with Crippen LogP contribution in [-0.2, 0) is 13.5 Å². The van der Waals surface area contributed by atoms with Gasteiger partial charge < -0.3 is 15.0 Å². The molecule has 0 spiro atoms. The second-order valence-corrected chi connectivity index (χ2v) is 5.48. The van der Waals surface area contributed by atoms with Crippen LogP contribution in [0.5, 0.6) is 5.75 Å². The van der Waals surface area contributed by atoms with Crippen molar-refractivity contribution in [2.24, 2.45) is 12.8 Å². The third-order valence-electron chi connectivity index (χ3n) is 3.96. The highest BCUT2D eigenvalue weighted by Gasteiger charge is 2.15. The molecular weight excluding hydrogens is 236 g/mol. The molecular formula is C16H24N2O. The van der Waals surface area contributed by atoms with Crippen molar-refractivity contribution < 1.29 is 4.74 Å². The van der Waals surface area contributed by atoms with E-state index in [4.69, 9.17) is 10.5 Å². The lowest BCUT2D eigenvalue weighted by atomic mass is 10.0. The first-order chi connectivity index (χ1) is 8.95. The summed E-state index contributed by atoms with van der Waals surface area (Å²) < 4.78 is 7.68. The summed E-state index contributed by atoms with van der Waals surface area (Å²) in [6, 6.07) is 4.48. The zero-order valence-corrected chi connectivity index (χ0v) is 12.6. The van der Waals surface area contributed by atoms with Crippen molar-refractivity contribution >= 4 is 10.9 Å². The Hall–Kier alpha value is -1.48. The molecule has 0 saturated heterocycles. The lowest BCUT2D eigenvalue weighted by molar-refractivity contribution is 0.415. The van der Waals surface area contributed by atoms with Gasteiger partial charge in [0, 0.05) is 24.2 Å². The molecule has 2 N–H and O–H groups in total. The summed E-state index contributed by atoms with van der Waals surface area (Å²) in [5.74, 6) is 0.928. The molecule has 3 heteroatoms. The average Bonchev–Trinajstić information content (AvgIpc) is 2.60. The minimum absolute atomic E-state index is 0.237. The number of hydrogen-bond donors (Lipinski definition) is 1. The molecule has 1 aromatic carbocycles. The summed E-state index contributed by atoms with van der Waals surface area (Å²) in [6.45, 7) is 6.38. The molecule has 0 radical (unpaired) electrons. The molecule has 3 nitrogen and oxygen atoms in total. The van der Waals surface area contributed by atoms with Crippen molar-refractivity contribution in [2.45, 2.75) is 39.7 Å². The average molecular weight is 260 g/mol. The Kier molecular flexibility index (Phi) is 3.85. The molecule has 0 aliphatic carbocycles. The summed E-state index contributed by atoms with van der Waals surface area (Å²) in [5, 5.41) is 1.30. The molecule has 1 heterocycles. The second-order valence-electron chi connectivity index (χ2n) is 5.48. The summed E-state index contributed by atoms with van der Waals surface area (Å²) >= 11 is 0. The summed E-state index contributed by atoms with van der Waals surface area (Å²) in [4.78, 5) is 0. The van der Waals surface area contributed by atoms with Gasteiger partial charge in [0.15, 0.2) is 0 Å². The van der Waals surface area contributed by atoms with Gasteiger partial charge in [-0.25, -0.2) is 0 Å². The number of aryl methyl sites for hydroxylation is 3.